The molecular weight excluding hydrogens is 460 g/mol. The van der Waals surface area contributed by atoms with Crippen LogP contribution in [0.1, 0.15) is 35.7 Å². The molecule has 164 valence electrons. The molecule has 0 aliphatic carbocycles. The summed E-state index contributed by atoms with van der Waals surface area (Å²) in [7, 11) is 0. The molecule has 0 bridgehead atoms. The number of hydrogen-bond donors (Lipinski definition) is 1. The number of likely N-dealkylation sites (tertiary alicyclic amines) is 1. The minimum atomic E-state index is -0.723. The Morgan fingerprint density at radius 2 is 1.84 bits per heavy atom. The summed E-state index contributed by atoms with van der Waals surface area (Å²) in [5.41, 5.74) is 1.44. The number of carbonyl (C=O) groups is 3. The number of hydrogen-bond acceptors (Lipinski definition) is 4. The molecule has 1 fully saturated rings. The van der Waals surface area contributed by atoms with Crippen molar-refractivity contribution in [2.45, 2.75) is 32.2 Å². The summed E-state index contributed by atoms with van der Waals surface area (Å²) in [4.78, 5) is 40.1. The molecule has 1 aliphatic rings. The lowest BCUT2D eigenvalue weighted by Crippen LogP contribution is -2.53. The first-order valence-corrected chi connectivity index (χ1v) is 11.3. The predicted molar refractivity (Wildman–Crippen MR) is 121 cm³/mol. The van der Waals surface area contributed by atoms with Gasteiger partial charge in [0.05, 0.1) is 12.5 Å². The zero-order chi connectivity index (χ0) is 22.2. The fourth-order valence-corrected chi connectivity index (χ4v) is 4.01. The standard InChI is InChI=1S/C24H27BrN2O4/c1-2-31-24(30)19-9-6-14-27(16-19)23(29)21(15-17-7-4-3-5-8-17)26-22(28)18-10-12-20(25)13-11-18/h3-5,7-8,10-13,19,21H,2,6,9,14-16H2,1H3,(H,26,28). The van der Waals surface area contributed by atoms with E-state index in [1.54, 1.807) is 36.1 Å². The van der Waals surface area contributed by atoms with Crippen LogP contribution in [0.2, 0.25) is 0 Å². The van der Waals surface area contributed by atoms with Gasteiger partial charge in [0, 0.05) is 29.5 Å². The van der Waals surface area contributed by atoms with E-state index in [1.807, 2.05) is 30.3 Å². The Hall–Kier alpha value is -2.67. The topological polar surface area (TPSA) is 75.7 Å². The average molecular weight is 487 g/mol. The van der Waals surface area contributed by atoms with Crippen LogP contribution in [-0.2, 0) is 20.7 Å². The second kappa shape index (κ2) is 11.1. The number of benzene rings is 2. The van der Waals surface area contributed by atoms with Gasteiger partial charge in [-0.15, -0.1) is 0 Å². The lowest BCUT2D eigenvalue weighted by atomic mass is 9.96. The third-order valence-corrected chi connectivity index (χ3v) is 5.87. The van der Waals surface area contributed by atoms with Gasteiger partial charge in [0.25, 0.3) is 5.91 Å². The third-order valence-electron chi connectivity index (χ3n) is 5.35. The number of nitrogens with zero attached hydrogens (tertiary/aromatic N) is 1. The number of piperidine rings is 1. The number of rotatable bonds is 7. The first kappa shape index (κ1) is 23.0. The van der Waals surface area contributed by atoms with Crippen LogP contribution in [0.4, 0.5) is 0 Å². The highest BCUT2D eigenvalue weighted by atomic mass is 79.9. The molecule has 0 radical (unpaired) electrons. The molecule has 0 aromatic heterocycles. The van der Waals surface area contributed by atoms with E-state index in [4.69, 9.17) is 4.74 Å². The van der Waals surface area contributed by atoms with E-state index in [0.717, 1.165) is 16.5 Å². The van der Waals surface area contributed by atoms with Crippen LogP contribution in [0.25, 0.3) is 0 Å². The number of nitrogens with one attached hydrogen (secondary N) is 1. The van der Waals surface area contributed by atoms with E-state index < -0.39 is 6.04 Å². The number of halogens is 1. The van der Waals surface area contributed by atoms with Crippen LogP contribution < -0.4 is 5.32 Å². The summed E-state index contributed by atoms with van der Waals surface area (Å²) in [6, 6.07) is 15.9. The molecule has 1 saturated heterocycles. The van der Waals surface area contributed by atoms with E-state index in [0.29, 0.717) is 38.1 Å². The SMILES string of the molecule is CCOC(=O)C1CCCN(C(=O)C(Cc2ccccc2)NC(=O)c2ccc(Br)cc2)C1. The maximum absolute atomic E-state index is 13.4. The molecule has 0 spiro atoms. The van der Waals surface area contributed by atoms with E-state index >= 15 is 0 Å². The normalized spacial score (nSPS) is 17.0. The number of esters is 1. The quantitative estimate of drug-likeness (QED) is 0.606. The zero-order valence-corrected chi connectivity index (χ0v) is 19.1. The molecule has 7 heteroatoms. The number of ether oxygens (including phenoxy) is 1. The summed E-state index contributed by atoms with van der Waals surface area (Å²) < 4.78 is 6.02. The van der Waals surface area contributed by atoms with Gasteiger partial charge < -0.3 is 15.0 Å². The highest BCUT2D eigenvalue weighted by molar-refractivity contribution is 9.10. The minimum absolute atomic E-state index is 0.177. The molecular formula is C24H27BrN2O4. The van der Waals surface area contributed by atoms with E-state index in [9.17, 15) is 14.4 Å². The van der Waals surface area contributed by atoms with Gasteiger partial charge in [-0.25, -0.2) is 0 Å². The Morgan fingerprint density at radius 3 is 2.52 bits per heavy atom. The van der Waals surface area contributed by atoms with Crippen LogP contribution in [0.15, 0.2) is 59.1 Å². The summed E-state index contributed by atoms with van der Waals surface area (Å²) >= 11 is 3.36. The van der Waals surface area contributed by atoms with Crippen molar-refractivity contribution < 1.29 is 19.1 Å². The lowest BCUT2D eigenvalue weighted by molar-refractivity contribution is -0.151. The second-order valence-electron chi connectivity index (χ2n) is 7.60. The van der Waals surface area contributed by atoms with Crippen LogP contribution in [0.5, 0.6) is 0 Å². The second-order valence-corrected chi connectivity index (χ2v) is 8.51. The molecule has 2 aromatic carbocycles. The molecule has 2 amide bonds. The van der Waals surface area contributed by atoms with Crippen LogP contribution in [0.3, 0.4) is 0 Å². The van der Waals surface area contributed by atoms with Gasteiger partial charge in [0.2, 0.25) is 5.91 Å². The fourth-order valence-electron chi connectivity index (χ4n) is 3.74. The molecule has 1 N–H and O–H groups in total. The first-order chi connectivity index (χ1) is 15.0. The lowest BCUT2D eigenvalue weighted by Gasteiger charge is -2.34. The Balaban J connectivity index is 1.76. The first-order valence-electron chi connectivity index (χ1n) is 10.5. The van der Waals surface area contributed by atoms with Crippen LogP contribution in [0, 0.1) is 5.92 Å². The van der Waals surface area contributed by atoms with Crippen molar-refractivity contribution in [3.05, 3.63) is 70.2 Å². The van der Waals surface area contributed by atoms with Crippen molar-refractivity contribution in [3.63, 3.8) is 0 Å². The Bertz CT molecular complexity index is 902. The smallest absolute Gasteiger partial charge is 0.310 e. The molecule has 6 nitrogen and oxygen atoms in total. The summed E-state index contributed by atoms with van der Waals surface area (Å²) in [5, 5.41) is 2.91. The summed E-state index contributed by atoms with van der Waals surface area (Å²) in [6.45, 7) is 2.98. The number of amides is 2. The van der Waals surface area contributed by atoms with Gasteiger partial charge in [-0.2, -0.15) is 0 Å². The highest BCUT2D eigenvalue weighted by Crippen LogP contribution is 2.20. The average Bonchev–Trinajstić information content (AvgIpc) is 2.79. The maximum atomic E-state index is 13.4. The molecule has 1 heterocycles. The summed E-state index contributed by atoms with van der Waals surface area (Å²) in [5.74, 6) is -1.07. The zero-order valence-electron chi connectivity index (χ0n) is 17.6. The Labute approximate surface area is 191 Å². The van der Waals surface area contributed by atoms with Gasteiger partial charge in [-0.1, -0.05) is 46.3 Å². The largest absolute Gasteiger partial charge is 0.466 e. The monoisotopic (exact) mass is 486 g/mol. The Kier molecular flexibility index (Phi) is 8.23. The summed E-state index contributed by atoms with van der Waals surface area (Å²) in [6.07, 6.45) is 1.81. The highest BCUT2D eigenvalue weighted by Gasteiger charge is 2.33. The van der Waals surface area contributed by atoms with Gasteiger partial charge in [-0.3, -0.25) is 14.4 Å². The molecule has 2 unspecified atom stereocenters. The van der Waals surface area contributed by atoms with Gasteiger partial charge in [0.1, 0.15) is 6.04 Å². The van der Waals surface area contributed by atoms with Crippen molar-refractivity contribution in [2.24, 2.45) is 5.92 Å². The molecule has 2 atom stereocenters. The molecule has 31 heavy (non-hydrogen) atoms. The molecule has 2 aromatic rings. The van der Waals surface area contributed by atoms with Crippen LogP contribution >= 0.6 is 15.9 Å². The molecule has 1 aliphatic heterocycles. The van der Waals surface area contributed by atoms with E-state index in [-0.39, 0.29) is 23.7 Å². The van der Waals surface area contributed by atoms with Crippen molar-refractivity contribution >= 4 is 33.7 Å². The number of carbonyl (C=O) groups excluding carboxylic acids is 3. The fraction of sp³-hybridized carbons (Fsp3) is 0.375. The Morgan fingerprint density at radius 1 is 1.13 bits per heavy atom. The van der Waals surface area contributed by atoms with E-state index in [1.165, 1.54) is 0 Å². The molecule has 0 saturated carbocycles. The predicted octanol–water partition coefficient (Wildman–Crippen LogP) is 3.59. The van der Waals surface area contributed by atoms with Gasteiger partial charge in [-0.05, 0) is 49.6 Å². The van der Waals surface area contributed by atoms with E-state index in [2.05, 4.69) is 21.2 Å². The minimum Gasteiger partial charge on any atom is -0.466 e. The van der Waals surface area contributed by atoms with Crippen molar-refractivity contribution in [1.29, 1.82) is 0 Å². The van der Waals surface area contributed by atoms with Gasteiger partial charge >= 0.3 is 5.97 Å². The van der Waals surface area contributed by atoms with Gasteiger partial charge in [0.15, 0.2) is 0 Å². The third kappa shape index (κ3) is 6.40. The van der Waals surface area contributed by atoms with Crippen molar-refractivity contribution in [2.75, 3.05) is 19.7 Å². The molecule has 3 rings (SSSR count). The van der Waals surface area contributed by atoms with Crippen molar-refractivity contribution in [1.82, 2.24) is 10.2 Å². The van der Waals surface area contributed by atoms with Crippen LogP contribution in [-0.4, -0.2) is 48.4 Å². The van der Waals surface area contributed by atoms with Crippen molar-refractivity contribution in [3.8, 4) is 0 Å². The maximum Gasteiger partial charge on any atom is 0.310 e.